The van der Waals surface area contributed by atoms with Gasteiger partial charge in [-0.3, -0.25) is 4.79 Å². The summed E-state index contributed by atoms with van der Waals surface area (Å²) >= 11 is 0. The SMILES string of the molecule is [B]c1cc(C[C@@H](OC(=O)N2CCC(N3CCc4ccccc4NC3=O)CC2)C(=O)N2CCC(N3CCC(C4(O)CC4)CC3)CC2)ccc1O. The number of aliphatic hydroxyl groups is 1. The highest BCUT2D eigenvalue weighted by Gasteiger charge is 2.48. The Morgan fingerprint density at radius 1 is 0.898 bits per heavy atom. The van der Waals surface area contributed by atoms with Gasteiger partial charge in [-0.05, 0) is 100 Å². The number of para-hydroxylation sites is 1. The number of nitrogens with one attached hydrogen (secondary N) is 1. The smallest absolute Gasteiger partial charge is 0.410 e. The molecule has 11 nitrogen and oxygen atoms in total. The second kappa shape index (κ2) is 14.2. The number of amides is 4. The van der Waals surface area contributed by atoms with Crippen molar-refractivity contribution >= 4 is 37.0 Å². The summed E-state index contributed by atoms with van der Waals surface area (Å²) in [6.07, 6.45) is 6.23. The predicted octanol–water partition coefficient (Wildman–Crippen LogP) is 3.02. The summed E-state index contributed by atoms with van der Waals surface area (Å²) in [5.41, 5.74) is 2.45. The van der Waals surface area contributed by atoms with Crippen molar-refractivity contribution in [3.63, 3.8) is 0 Å². The van der Waals surface area contributed by atoms with Crippen LogP contribution >= 0.6 is 0 Å². The highest BCUT2D eigenvalue weighted by atomic mass is 16.6. The Kier molecular flexibility index (Phi) is 9.79. The maximum absolute atomic E-state index is 14.0. The van der Waals surface area contributed by atoms with E-state index < -0.39 is 17.8 Å². The van der Waals surface area contributed by atoms with E-state index >= 15 is 0 Å². The lowest BCUT2D eigenvalue weighted by atomic mass is 9.88. The molecule has 1 atom stereocenters. The first kappa shape index (κ1) is 33.7. The van der Waals surface area contributed by atoms with Crippen LogP contribution in [0, 0.1) is 5.92 Å². The van der Waals surface area contributed by atoms with E-state index in [0.717, 1.165) is 69.3 Å². The molecule has 3 saturated heterocycles. The van der Waals surface area contributed by atoms with Crippen molar-refractivity contribution in [2.24, 2.45) is 5.92 Å². The van der Waals surface area contributed by atoms with Crippen LogP contribution in [0.1, 0.15) is 62.5 Å². The Hall–Kier alpha value is -3.77. The van der Waals surface area contributed by atoms with Gasteiger partial charge in [0.15, 0.2) is 6.10 Å². The van der Waals surface area contributed by atoms with E-state index in [9.17, 15) is 24.6 Å². The van der Waals surface area contributed by atoms with Crippen LogP contribution in [-0.4, -0.2) is 125 Å². The van der Waals surface area contributed by atoms with E-state index in [-0.39, 0.29) is 35.6 Å². The fraction of sp³-hybridized carbons (Fsp3) is 0.595. The van der Waals surface area contributed by atoms with Gasteiger partial charge in [-0.15, -0.1) is 0 Å². The molecule has 0 bridgehead atoms. The van der Waals surface area contributed by atoms with Crippen molar-refractivity contribution in [1.29, 1.82) is 0 Å². The average molecular weight is 670 g/mol. The number of urea groups is 1. The monoisotopic (exact) mass is 669 g/mol. The Bertz CT molecular complexity index is 1530. The van der Waals surface area contributed by atoms with Crippen molar-refractivity contribution in [3.8, 4) is 5.75 Å². The molecule has 5 aliphatic rings. The predicted molar refractivity (Wildman–Crippen MR) is 186 cm³/mol. The van der Waals surface area contributed by atoms with Gasteiger partial charge in [-0.2, -0.15) is 0 Å². The molecule has 0 aromatic heterocycles. The summed E-state index contributed by atoms with van der Waals surface area (Å²) < 4.78 is 6.00. The minimum Gasteiger partial charge on any atom is -0.509 e. The Balaban J connectivity index is 0.949. The van der Waals surface area contributed by atoms with E-state index in [1.165, 1.54) is 6.07 Å². The molecule has 7 rings (SSSR count). The molecule has 3 N–H and O–H groups in total. The third kappa shape index (κ3) is 7.55. The number of hydrogen-bond acceptors (Lipinski definition) is 7. The molecule has 0 spiro atoms. The van der Waals surface area contributed by atoms with Crippen molar-refractivity contribution in [3.05, 3.63) is 53.6 Å². The van der Waals surface area contributed by atoms with Gasteiger partial charge in [0.05, 0.1) is 5.60 Å². The van der Waals surface area contributed by atoms with Crippen LogP contribution in [0.5, 0.6) is 5.75 Å². The van der Waals surface area contributed by atoms with E-state index in [0.29, 0.717) is 63.1 Å². The number of fused-ring (bicyclic) bond motifs is 1. The van der Waals surface area contributed by atoms with Gasteiger partial charge in [0, 0.05) is 56.9 Å². The molecule has 4 amide bonds. The maximum atomic E-state index is 14.0. The lowest BCUT2D eigenvalue weighted by Crippen LogP contribution is -2.53. The third-order valence-electron chi connectivity index (χ3n) is 11.7. The molecule has 4 aliphatic heterocycles. The number of piperidine rings is 3. The van der Waals surface area contributed by atoms with E-state index in [2.05, 4.69) is 10.2 Å². The number of benzene rings is 2. The summed E-state index contributed by atoms with van der Waals surface area (Å²) in [5.74, 6) is 0.155. The zero-order chi connectivity index (χ0) is 34.1. The molecule has 4 fully saturated rings. The van der Waals surface area contributed by atoms with E-state index in [4.69, 9.17) is 12.6 Å². The van der Waals surface area contributed by atoms with Crippen molar-refractivity contribution in [2.75, 3.05) is 51.1 Å². The Morgan fingerprint density at radius 2 is 1.57 bits per heavy atom. The van der Waals surface area contributed by atoms with Crippen LogP contribution in [-0.2, 0) is 22.4 Å². The van der Waals surface area contributed by atoms with Gasteiger partial charge in [0.2, 0.25) is 0 Å². The van der Waals surface area contributed by atoms with E-state index in [1.54, 1.807) is 17.0 Å². The van der Waals surface area contributed by atoms with Crippen LogP contribution < -0.4 is 10.8 Å². The van der Waals surface area contributed by atoms with Crippen LogP contribution in [0.2, 0.25) is 0 Å². The van der Waals surface area contributed by atoms with Crippen molar-refractivity contribution in [2.45, 2.75) is 88.0 Å². The summed E-state index contributed by atoms with van der Waals surface area (Å²) in [6, 6.07) is 13.0. The third-order valence-corrected chi connectivity index (χ3v) is 11.7. The summed E-state index contributed by atoms with van der Waals surface area (Å²) in [4.78, 5) is 48.5. The molecular weight excluding hydrogens is 621 g/mol. The Morgan fingerprint density at radius 3 is 2.27 bits per heavy atom. The Labute approximate surface area is 290 Å². The molecular formula is C37H48BN5O6. The molecule has 2 aromatic rings. The molecule has 1 aliphatic carbocycles. The minimum absolute atomic E-state index is 0.00121. The minimum atomic E-state index is -1.03. The van der Waals surface area contributed by atoms with Gasteiger partial charge >= 0.3 is 12.1 Å². The standard InChI is InChI=1S/C37H48BN5O6/c38-30-23-25(5-6-32(30)44)24-33(34(45)41-18-10-28(11-19-41)40-16-8-27(9-17-40)37(48)14-15-37)49-36(47)42-20-12-29(13-21-42)43-22-7-26-3-1-2-4-31(26)39-35(43)46/h1-6,23,27-29,33,44,48H,7-22,24H2,(H,39,46)/t33-/m1/s1. The highest BCUT2D eigenvalue weighted by Crippen LogP contribution is 2.46. The number of aromatic hydroxyl groups is 1. The van der Waals surface area contributed by atoms with Crippen molar-refractivity contribution in [1.82, 2.24) is 19.6 Å². The second-order valence-corrected chi connectivity index (χ2v) is 14.7. The molecule has 2 aromatic carbocycles. The van der Waals surface area contributed by atoms with Crippen LogP contribution in [0.3, 0.4) is 0 Å². The number of ether oxygens (including phenoxy) is 1. The number of anilines is 1. The van der Waals surface area contributed by atoms with E-state index in [1.807, 2.05) is 34.1 Å². The number of carbonyl (C=O) groups is 3. The molecule has 12 heteroatoms. The number of rotatable bonds is 7. The lowest BCUT2D eigenvalue weighted by Gasteiger charge is -2.43. The summed E-state index contributed by atoms with van der Waals surface area (Å²) in [7, 11) is 5.96. The first-order valence-corrected chi connectivity index (χ1v) is 18.1. The largest absolute Gasteiger partial charge is 0.509 e. The van der Waals surface area contributed by atoms with Gasteiger partial charge in [0.25, 0.3) is 5.91 Å². The quantitative estimate of drug-likeness (QED) is 0.388. The highest BCUT2D eigenvalue weighted by molar-refractivity contribution is 6.34. The van der Waals surface area contributed by atoms with Gasteiger partial charge < -0.3 is 39.9 Å². The van der Waals surface area contributed by atoms with Gasteiger partial charge in [-0.1, -0.05) is 35.8 Å². The number of phenols is 1. The number of hydrogen-bond donors (Lipinski definition) is 3. The van der Waals surface area contributed by atoms with Crippen molar-refractivity contribution < 1.29 is 29.3 Å². The molecule has 0 unspecified atom stereocenters. The molecule has 49 heavy (non-hydrogen) atoms. The second-order valence-electron chi connectivity index (χ2n) is 14.7. The zero-order valence-corrected chi connectivity index (χ0v) is 28.3. The average Bonchev–Trinajstić information content (AvgIpc) is 3.91. The topological polar surface area (TPSA) is 126 Å². The molecule has 1 saturated carbocycles. The van der Waals surface area contributed by atoms with Gasteiger partial charge in [-0.25, -0.2) is 9.59 Å². The lowest BCUT2D eigenvalue weighted by molar-refractivity contribution is -0.142. The first-order valence-electron chi connectivity index (χ1n) is 18.1. The normalized spacial score (nSPS) is 23.0. The van der Waals surface area contributed by atoms with Crippen LogP contribution in [0.15, 0.2) is 42.5 Å². The van der Waals surface area contributed by atoms with Gasteiger partial charge in [0.1, 0.15) is 13.6 Å². The molecule has 2 radical (unpaired) electrons. The number of nitrogens with zero attached hydrogens (tertiary/aromatic N) is 4. The van der Waals surface area contributed by atoms with Crippen LogP contribution in [0.25, 0.3) is 0 Å². The number of phenolic OH excluding ortho intramolecular Hbond substituents is 1. The van der Waals surface area contributed by atoms with Crippen LogP contribution in [0.4, 0.5) is 15.3 Å². The summed E-state index contributed by atoms with van der Waals surface area (Å²) in [5, 5.41) is 23.5. The summed E-state index contributed by atoms with van der Waals surface area (Å²) in [6.45, 7) is 4.61. The molecule has 260 valence electrons. The fourth-order valence-corrected chi connectivity index (χ4v) is 8.41. The first-order chi connectivity index (χ1) is 23.7. The number of likely N-dealkylation sites (tertiary alicyclic amines) is 3. The maximum Gasteiger partial charge on any atom is 0.410 e. The fourth-order valence-electron chi connectivity index (χ4n) is 8.41. The molecule has 4 heterocycles. The number of carbonyl (C=O) groups excluding carboxylic acids is 3. The zero-order valence-electron chi connectivity index (χ0n) is 28.3.